The van der Waals surface area contributed by atoms with Crippen LogP contribution in [0.4, 0.5) is 4.39 Å². The van der Waals surface area contributed by atoms with Crippen LogP contribution in [0.15, 0.2) is 18.2 Å². The monoisotopic (exact) mass is 229 g/mol. The van der Waals surface area contributed by atoms with Gasteiger partial charge in [-0.15, -0.1) is 0 Å². The van der Waals surface area contributed by atoms with Crippen LogP contribution >= 0.6 is 0 Å². The predicted molar refractivity (Wildman–Crippen MR) is 57.7 cm³/mol. The van der Waals surface area contributed by atoms with Gasteiger partial charge in [0.25, 0.3) is 0 Å². The third kappa shape index (κ3) is 3.77. The topological polar surface area (TPSA) is 64.7 Å². The molecule has 0 heterocycles. The molecule has 16 heavy (non-hydrogen) atoms. The summed E-state index contributed by atoms with van der Waals surface area (Å²) in [5.41, 5.74) is 6.06. The fourth-order valence-electron chi connectivity index (χ4n) is 1.21. The molecule has 0 radical (unpaired) electrons. The maximum Gasteiger partial charge on any atom is 0.165 e. The second-order valence-electron chi connectivity index (χ2n) is 3.39. The Hall–Kier alpha value is -1.17. The number of aliphatic hydroxyl groups excluding tert-OH is 1. The smallest absolute Gasteiger partial charge is 0.165 e. The molecule has 0 saturated heterocycles. The molecule has 3 N–H and O–H groups in total. The summed E-state index contributed by atoms with van der Waals surface area (Å²) in [7, 11) is 1.47. The average molecular weight is 229 g/mol. The van der Waals surface area contributed by atoms with Crippen molar-refractivity contribution < 1.29 is 19.0 Å². The van der Waals surface area contributed by atoms with E-state index < -0.39 is 11.9 Å². The van der Waals surface area contributed by atoms with E-state index in [0.29, 0.717) is 5.56 Å². The molecule has 0 amide bonds. The van der Waals surface area contributed by atoms with Crippen molar-refractivity contribution >= 4 is 0 Å². The lowest BCUT2D eigenvalue weighted by molar-refractivity contribution is 0.0316. The van der Waals surface area contributed by atoms with Gasteiger partial charge in [-0.25, -0.2) is 4.39 Å². The number of methoxy groups -OCH3 is 1. The van der Waals surface area contributed by atoms with Crippen molar-refractivity contribution in [3.63, 3.8) is 0 Å². The normalized spacial score (nSPS) is 12.5. The molecule has 1 rings (SSSR count). The first-order chi connectivity index (χ1) is 7.67. The lowest BCUT2D eigenvalue weighted by Crippen LogP contribution is -2.22. The van der Waals surface area contributed by atoms with Gasteiger partial charge >= 0.3 is 0 Å². The molecule has 0 aromatic heterocycles. The summed E-state index contributed by atoms with van der Waals surface area (Å²) in [5.74, 6) is -0.375. The summed E-state index contributed by atoms with van der Waals surface area (Å²) < 4.78 is 23.2. The van der Waals surface area contributed by atoms with Crippen LogP contribution in [0.2, 0.25) is 0 Å². The highest BCUT2D eigenvalue weighted by Crippen LogP contribution is 2.18. The zero-order valence-corrected chi connectivity index (χ0v) is 9.15. The molecule has 5 heteroatoms. The van der Waals surface area contributed by atoms with Crippen molar-refractivity contribution in [2.75, 3.05) is 20.3 Å². The summed E-state index contributed by atoms with van der Waals surface area (Å²) in [6.07, 6.45) is -0.765. The third-order valence-corrected chi connectivity index (χ3v) is 2.02. The highest BCUT2D eigenvalue weighted by molar-refractivity contribution is 5.29. The van der Waals surface area contributed by atoms with Crippen LogP contribution in [0.3, 0.4) is 0 Å². The second kappa shape index (κ2) is 6.42. The number of hydrogen-bond acceptors (Lipinski definition) is 4. The van der Waals surface area contributed by atoms with Gasteiger partial charge in [0, 0.05) is 13.7 Å². The molecule has 4 nitrogen and oxygen atoms in total. The van der Waals surface area contributed by atoms with Gasteiger partial charge in [0.05, 0.1) is 6.61 Å². The Morgan fingerprint density at radius 1 is 1.44 bits per heavy atom. The van der Waals surface area contributed by atoms with Gasteiger partial charge < -0.3 is 20.3 Å². The Labute approximate surface area is 93.8 Å². The van der Waals surface area contributed by atoms with Gasteiger partial charge in [-0.3, -0.25) is 0 Å². The lowest BCUT2D eigenvalue weighted by atomic mass is 10.2. The number of hydrogen-bond donors (Lipinski definition) is 2. The van der Waals surface area contributed by atoms with Crippen LogP contribution in [0.1, 0.15) is 5.56 Å². The highest BCUT2D eigenvalue weighted by atomic mass is 19.1. The van der Waals surface area contributed by atoms with Crippen LogP contribution in [-0.2, 0) is 11.3 Å². The predicted octanol–water partition coefficient (Wildman–Crippen LogP) is 0.671. The Morgan fingerprint density at radius 2 is 2.19 bits per heavy atom. The van der Waals surface area contributed by atoms with Gasteiger partial charge in [-0.2, -0.15) is 0 Å². The standard InChI is InChI=1S/C11H16FNO3/c1-15-6-9(14)7-16-11-3-2-8(5-13)4-10(11)12/h2-4,9,14H,5-7,13H2,1H3. The SMILES string of the molecule is COCC(O)COc1ccc(CN)cc1F. The molecular formula is C11H16FNO3. The van der Waals surface area contributed by atoms with Crippen molar-refractivity contribution in [3.8, 4) is 5.75 Å². The molecule has 0 bridgehead atoms. The number of halogens is 1. The average Bonchev–Trinajstić information content (AvgIpc) is 2.27. The van der Waals surface area contributed by atoms with Gasteiger partial charge in [0.1, 0.15) is 12.7 Å². The quantitative estimate of drug-likeness (QED) is 0.752. The van der Waals surface area contributed by atoms with E-state index in [9.17, 15) is 9.50 Å². The largest absolute Gasteiger partial charge is 0.488 e. The summed E-state index contributed by atoms with van der Waals surface area (Å²) in [5, 5.41) is 9.31. The van der Waals surface area contributed by atoms with Crippen molar-refractivity contribution in [2.45, 2.75) is 12.6 Å². The Kier molecular flexibility index (Phi) is 5.18. The van der Waals surface area contributed by atoms with E-state index in [1.807, 2.05) is 0 Å². The van der Waals surface area contributed by atoms with E-state index >= 15 is 0 Å². The van der Waals surface area contributed by atoms with Crippen molar-refractivity contribution in [1.29, 1.82) is 0 Å². The molecule has 0 aliphatic carbocycles. The number of rotatable bonds is 6. The van der Waals surface area contributed by atoms with Crippen LogP contribution in [0, 0.1) is 5.82 Å². The fourth-order valence-corrected chi connectivity index (χ4v) is 1.21. The fraction of sp³-hybridized carbons (Fsp3) is 0.455. The Morgan fingerprint density at radius 3 is 2.75 bits per heavy atom. The van der Waals surface area contributed by atoms with Crippen LogP contribution in [0.5, 0.6) is 5.75 Å². The maximum absolute atomic E-state index is 13.4. The maximum atomic E-state index is 13.4. The minimum Gasteiger partial charge on any atom is -0.488 e. The summed E-state index contributed by atoms with van der Waals surface area (Å²) >= 11 is 0. The van der Waals surface area contributed by atoms with Crippen LogP contribution in [-0.4, -0.2) is 31.5 Å². The van der Waals surface area contributed by atoms with E-state index in [4.69, 9.17) is 15.2 Å². The van der Waals surface area contributed by atoms with Gasteiger partial charge in [0.15, 0.2) is 11.6 Å². The van der Waals surface area contributed by atoms with Gasteiger partial charge in [0.2, 0.25) is 0 Å². The van der Waals surface area contributed by atoms with Crippen molar-refractivity contribution in [2.24, 2.45) is 5.73 Å². The second-order valence-corrected chi connectivity index (χ2v) is 3.39. The molecule has 1 aromatic carbocycles. The molecule has 1 unspecified atom stereocenters. The molecule has 1 atom stereocenters. The number of benzene rings is 1. The van der Waals surface area contributed by atoms with E-state index in [1.54, 1.807) is 6.07 Å². The van der Waals surface area contributed by atoms with E-state index in [1.165, 1.54) is 19.2 Å². The zero-order chi connectivity index (χ0) is 12.0. The van der Waals surface area contributed by atoms with Crippen molar-refractivity contribution in [3.05, 3.63) is 29.6 Å². The molecule has 0 spiro atoms. The Balaban J connectivity index is 2.54. The molecule has 90 valence electrons. The number of ether oxygens (including phenoxy) is 2. The summed E-state index contributed by atoms with van der Waals surface area (Å²) in [6, 6.07) is 4.50. The van der Waals surface area contributed by atoms with Gasteiger partial charge in [-0.05, 0) is 17.7 Å². The summed E-state index contributed by atoms with van der Waals surface area (Å²) in [4.78, 5) is 0. The van der Waals surface area contributed by atoms with Crippen molar-refractivity contribution in [1.82, 2.24) is 0 Å². The molecule has 0 saturated carbocycles. The van der Waals surface area contributed by atoms with E-state index in [2.05, 4.69) is 0 Å². The number of nitrogens with two attached hydrogens (primary N) is 1. The highest BCUT2D eigenvalue weighted by Gasteiger charge is 2.08. The van der Waals surface area contributed by atoms with Crippen LogP contribution in [0.25, 0.3) is 0 Å². The van der Waals surface area contributed by atoms with Crippen LogP contribution < -0.4 is 10.5 Å². The lowest BCUT2D eigenvalue weighted by Gasteiger charge is -2.12. The van der Waals surface area contributed by atoms with E-state index in [0.717, 1.165) is 0 Å². The molecule has 1 aromatic rings. The third-order valence-electron chi connectivity index (χ3n) is 2.02. The first kappa shape index (κ1) is 12.9. The van der Waals surface area contributed by atoms with E-state index in [-0.39, 0.29) is 25.5 Å². The molecule has 0 aliphatic heterocycles. The minimum absolute atomic E-state index is 0.00721. The minimum atomic E-state index is -0.765. The first-order valence-electron chi connectivity index (χ1n) is 4.95. The Bertz CT molecular complexity index is 333. The molecular weight excluding hydrogens is 213 g/mol. The molecule has 0 fully saturated rings. The van der Waals surface area contributed by atoms with Gasteiger partial charge in [-0.1, -0.05) is 6.07 Å². The zero-order valence-electron chi connectivity index (χ0n) is 9.15. The first-order valence-corrected chi connectivity index (χ1v) is 4.95. The number of aliphatic hydroxyl groups is 1. The summed E-state index contributed by atoms with van der Waals surface area (Å²) in [6.45, 7) is 0.429. The molecule has 0 aliphatic rings.